The Balaban J connectivity index is 1.84. The summed E-state index contributed by atoms with van der Waals surface area (Å²) in [5, 5.41) is 12.0. The van der Waals surface area contributed by atoms with Crippen LogP contribution in [0, 0.1) is 0 Å². The van der Waals surface area contributed by atoms with E-state index in [4.69, 9.17) is 13.9 Å². The molecule has 0 aliphatic rings. The Labute approximate surface area is 199 Å². The fourth-order valence-electron chi connectivity index (χ4n) is 3.87. The molecule has 176 valence electrons. The minimum absolute atomic E-state index is 0.213. The third kappa shape index (κ3) is 5.15. The van der Waals surface area contributed by atoms with E-state index in [0.29, 0.717) is 41.0 Å². The maximum atomic E-state index is 12.6. The number of unbranched alkanes of at least 4 members (excludes halogenated alkanes) is 1. The Bertz CT molecular complexity index is 1320. The quantitative estimate of drug-likeness (QED) is 0.292. The average molecular weight is 459 g/mol. The predicted octanol–water partition coefficient (Wildman–Crippen LogP) is 6.45. The summed E-state index contributed by atoms with van der Waals surface area (Å²) in [6.07, 6.45) is 1.97. The van der Waals surface area contributed by atoms with Crippen LogP contribution in [0.3, 0.4) is 0 Å². The average Bonchev–Trinajstić information content (AvgIpc) is 2.83. The second-order valence-corrected chi connectivity index (χ2v) is 8.84. The van der Waals surface area contributed by atoms with E-state index >= 15 is 0 Å². The van der Waals surface area contributed by atoms with Crippen LogP contribution in [0.4, 0.5) is 0 Å². The molecule has 0 bridgehead atoms. The van der Waals surface area contributed by atoms with Gasteiger partial charge in [-0.3, -0.25) is 0 Å². The van der Waals surface area contributed by atoms with Gasteiger partial charge in [-0.05, 0) is 49.6 Å². The Morgan fingerprint density at radius 1 is 0.882 bits per heavy atom. The number of ether oxygens (including phenoxy) is 2. The number of aliphatic hydroxyl groups is 1. The lowest BCUT2D eigenvalue weighted by molar-refractivity contribution is 0.0521. The summed E-state index contributed by atoms with van der Waals surface area (Å²) in [5.74, 6) is 1.46. The molecule has 0 spiro atoms. The third-order valence-electron chi connectivity index (χ3n) is 5.62. The molecule has 34 heavy (non-hydrogen) atoms. The van der Waals surface area contributed by atoms with Crippen LogP contribution in [0.5, 0.6) is 11.5 Å². The Morgan fingerprint density at radius 2 is 1.59 bits per heavy atom. The lowest BCUT2D eigenvalue weighted by atomic mass is 9.92. The van der Waals surface area contributed by atoms with Crippen LogP contribution in [-0.2, 0) is 12.2 Å². The summed E-state index contributed by atoms with van der Waals surface area (Å²) < 4.78 is 17.9. The van der Waals surface area contributed by atoms with Gasteiger partial charge in [-0.2, -0.15) is 0 Å². The molecule has 4 rings (SSSR count). The van der Waals surface area contributed by atoms with E-state index in [1.807, 2.05) is 60.7 Å². The summed E-state index contributed by atoms with van der Waals surface area (Å²) in [5.41, 5.74) is 0.632. The van der Waals surface area contributed by atoms with E-state index in [-0.39, 0.29) is 5.76 Å². The maximum absolute atomic E-state index is 12.6. The summed E-state index contributed by atoms with van der Waals surface area (Å²) in [4.78, 5) is 12.6. The first kappa shape index (κ1) is 23.6. The molecule has 0 fully saturated rings. The summed E-state index contributed by atoms with van der Waals surface area (Å²) in [6.45, 7) is 6.32. The van der Waals surface area contributed by atoms with Gasteiger partial charge in [0.05, 0.1) is 12.0 Å². The van der Waals surface area contributed by atoms with Gasteiger partial charge >= 0.3 is 5.63 Å². The van der Waals surface area contributed by atoms with E-state index in [1.54, 1.807) is 26.0 Å². The van der Waals surface area contributed by atoms with Crippen molar-refractivity contribution in [3.05, 3.63) is 94.5 Å². The van der Waals surface area contributed by atoms with E-state index in [2.05, 4.69) is 6.92 Å². The van der Waals surface area contributed by atoms with Crippen LogP contribution in [0.25, 0.3) is 21.9 Å². The highest BCUT2D eigenvalue weighted by Crippen LogP contribution is 2.40. The van der Waals surface area contributed by atoms with Gasteiger partial charge in [0.25, 0.3) is 0 Å². The van der Waals surface area contributed by atoms with Crippen LogP contribution < -0.4 is 15.1 Å². The van der Waals surface area contributed by atoms with Crippen molar-refractivity contribution in [3.8, 4) is 22.6 Å². The topological polar surface area (TPSA) is 68.9 Å². The Kier molecular flexibility index (Phi) is 7.03. The smallest absolute Gasteiger partial charge is 0.343 e. The zero-order chi connectivity index (χ0) is 24.1. The molecule has 0 atom stereocenters. The Hall–Kier alpha value is -3.57. The SMILES string of the molecule is CCCCOc1ccc(-c2c(C(C)(C)O)oc(=O)c3ccccc23)cc1OCc1ccccc1. The number of rotatable bonds is 9. The van der Waals surface area contributed by atoms with Crippen molar-refractivity contribution in [2.45, 2.75) is 45.8 Å². The van der Waals surface area contributed by atoms with Crippen LogP contribution in [0.2, 0.25) is 0 Å². The van der Waals surface area contributed by atoms with E-state index in [1.165, 1.54) is 0 Å². The van der Waals surface area contributed by atoms with Crippen LogP contribution in [0.15, 0.2) is 82.0 Å². The first-order chi connectivity index (χ1) is 16.4. The highest BCUT2D eigenvalue weighted by atomic mass is 16.5. The molecule has 0 amide bonds. The fraction of sp³-hybridized carbons (Fsp3) is 0.276. The zero-order valence-electron chi connectivity index (χ0n) is 19.8. The number of fused-ring (bicyclic) bond motifs is 1. The minimum atomic E-state index is -1.36. The van der Waals surface area contributed by atoms with Crippen molar-refractivity contribution >= 4 is 10.8 Å². The van der Waals surface area contributed by atoms with E-state index in [9.17, 15) is 9.90 Å². The number of hydrogen-bond acceptors (Lipinski definition) is 5. The maximum Gasteiger partial charge on any atom is 0.343 e. The molecular weight excluding hydrogens is 428 g/mol. The largest absolute Gasteiger partial charge is 0.490 e. The molecule has 1 aromatic heterocycles. The van der Waals surface area contributed by atoms with Gasteiger partial charge < -0.3 is 19.0 Å². The molecule has 0 aliphatic carbocycles. The van der Waals surface area contributed by atoms with Crippen molar-refractivity contribution in [1.29, 1.82) is 0 Å². The first-order valence-electron chi connectivity index (χ1n) is 11.6. The molecule has 3 aromatic carbocycles. The van der Waals surface area contributed by atoms with Gasteiger partial charge in [0.15, 0.2) is 11.5 Å². The molecule has 0 aliphatic heterocycles. The molecule has 0 radical (unpaired) electrons. The van der Waals surface area contributed by atoms with Crippen LogP contribution >= 0.6 is 0 Å². The molecule has 5 nitrogen and oxygen atoms in total. The fourth-order valence-corrected chi connectivity index (χ4v) is 3.87. The number of benzene rings is 3. The zero-order valence-corrected chi connectivity index (χ0v) is 19.8. The van der Waals surface area contributed by atoms with Crippen LogP contribution in [-0.4, -0.2) is 11.7 Å². The van der Waals surface area contributed by atoms with Gasteiger partial charge in [0, 0.05) is 10.9 Å². The second kappa shape index (κ2) is 10.1. The summed E-state index contributed by atoms with van der Waals surface area (Å²) in [7, 11) is 0. The van der Waals surface area contributed by atoms with Gasteiger partial charge in [-0.25, -0.2) is 4.79 Å². The van der Waals surface area contributed by atoms with E-state index < -0.39 is 11.2 Å². The Morgan fingerprint density at radius 3 is 2.29 bits per heavy atom. The lowest BCUT2D eigenvalue weighted by Crippen LogP contribution is -2.20. The molecule has 1 N–H and O–H groups in total. The van der Waals surface area contributed by atoms with Crippen LogP contribution in [0.1, 0.15) is 44.9 Å². The van der Waals surface area contributed by atoms with Gasteiger partial charge in [0.1, 0.15) is 18.0 Å². The molecule has 1 heterocycles. The molecule has 0 saturated carbocycles. The minimum Gasteiger partial charge on any atom is -0.490 e. The highest BCUT2D eigenvalue weighted by Gasteiger charge is 2.28. The van der Waals surface area contributed by atoms with Crippen molar-refractivity contribution in [2.75, 3.05) is 6.61 Å². The van der Waals surface area contributed by atoms with Crippen molar-refractivity contribution in [1.82, 2.24) is 0 Å². The van der Waals surface area contributed by atoms with Crippen molar-refractivity contribution in [2.24, 2.45) is 0 Å². The lowest BCUT2D eigenvalue weighted by Gasteiger charge is -2.22. The van der Waals surface area contributed by atoms with Gasteiger partial charge in [-0.1, -0.05) is 67.9 Å². The van der Waals surface area contributed by atoms with Crippen molar-refractivity contribution in [3.63, 3.8) is 0 Å². The molecule has 0 unspecified atom stereocenters. The van der Waals surface area contributed by atoms with Crippen molar-refractivity contribution < 1.29 is 19.0 Å². The molecular formula is C29H30O5. The third-order valence-corrected chi connectivity index (χ3v) is 5.62. The molecule has 5 heteroatoms. The summed E-state index contributed by atoms with van der Waals surface area (Å²) >= 11 is 0. The second-order valence-electron chi connectivity index (χ2n) is 8.84. The summed E-state index contributed by atoms with van der Waals surface area (Å²) in [6, 6.07) is 22.9. The molecule has 4 aromatic rings. The van der Waals surface area contributed by atoms with Gasteiger partial charge in [0.2, 0.25) is 0 Å². The highest BCUT2D eigenvalue weighted by molar-refractivity contribution is 5.97. The van der Waals surface area contributed by atoms with E-state index in [0.717, 1.165) is 24.0 Å². The number of hydrogen-bond donors (Lipinski definition) is 1. The standard InChI is InChI=1S/C29H30O5/c1-4-5-17-32-24-16-15-21(18-25(24)33-19-20-11-7-6-8-12-20)26-22-13-9-10-14-23(22)28(30)34-27(26)29(2,3)31/h6-16,18,31H,4-5,17,19H2,1-3H3. The van der Waals surface area contributed by atoms with Gasteiger partial charge in [-0.15, -0.1) is 0 Å². The first-order valence-corrected chi connectivity index (χ1v) is 11.6. The monoisotopic (exact) mass is 458 g/mol. The normalized spacial score (nSPS) is 11.5. The predicted molar refractivity (Wildman–Crippen MR) is 134 cm³/mol. The molecule has 0 saturated heterocycles.